The highest BCUT2D eigenvalue weighted by molar-refractivity contribution is 6.30. The van der Waals surface area contributed by atoms with Gasteiger partial charge in [-0.1, -0.05) is 59.6 Å². The first-order valence-corrected chi connectivity index (χ1v) is 14.3. The number of methoxy groups -OCH3 is 2. The monoisotopic (exact) mass is 578 g/mol. The van der Waals surface area contributed by atoms with Crippen molar-refractivity contribution in [1.29, 1.82) is 0 Å². The van der Waals surface area contributed by atoms with Crippen molar-refractivity contribution in [2.45, 2.75) is 31.7 Å². The van der Waals surface area contributed by atoms with Gasteiger partial charge in [-0.3, -0.25) is 14.5 Å². The molecule has 1 N–H and O–H groups in total. The summed E-state index contributed by atoms with van der Waals surface area (Å²) in [6, 6.07) is 27.7. The second-order valence-electron chi connectivity index (χ2n) is 10.7. The number of hydrogen-bond donors (Lipinski definition) is 1. The Labute approximate surface area is 250 Å². The molecule has 0 unspecified atom stereocenters. The third-order valence-corrected chi connectivity index (χ3v) is 8.32. The van der Waals surface area contributed by atoms with Crippen LogP contribution in [0.1, 0.15) is 51.8 Å². The van der Waals surface area contributed by atoms with Crippen molar-refractivity contribution >= 4 is 34.7 Å². The van der Waals surface area contributed by atoms with Gasteiger partial charge in [0.15, 0.2) is 17.3 Å². The van der Waals surface area contributed by atoms with E-state index in [0.717, 1.165) is 22.5 Å². The lowest BCUT2D eigenvalue weighted by atomic mass is 9.78. The number of amides is 1. The van der Waals surface area contributed by atoms with Crippen LogP contribution in [0.15, 0.2) is 102 Å². The van der Waals surface area contributed by atoms with Crippen LogP contribution in [0.3, 0.4) is 0 Å². The number of carbonyl (C=O) groups is 2. The minimum absolute atomic E-state index is 0.00387. The third-order valence-electron chi connectivity index (χ3n) is 8.07. The number of nitrogens with one attached hydrogen (secondary N) is 1. The Hall–Kier alpha value is -4.55. The molecule has 6 nitrogen and oxygen atoms in total. The van der Waals surface area contributed by atoms with Crippen molar-refractivity contribution in [2.75, 3.05) is 24.4 Å². The Bertz CT molecular complexity index is 1700. The van der Waals surface area contributed by atoms with E-state index in [-0.39, 0.29) is 17.6 Å². The number of carbonyl (C=O) groups excluding carboxylic acids is 2. The minimum Gasteiger partial charge on any atom is -0.493 e. The van der Waals surface area contributed by atoms with E-state index in [1.807, 2.05) is 42.5 Å². The molecule has 2 atom stereocenters. The van der Waals surface area contributed by atoms with Crippen LogP contribution in [0.5, 0.6) is 11.5 Å². The molecule has 4 aromatic carbocycles. The predicted molar refractivity (Wildman–Crippen MR) is 166 cm³/mol. The molecule has 6 rings (SSSR count). The van der Waals surface area contributed by atoms with Crippen molar-refractivity contribution in [3.8, 4) is 11.5 Å². The molecule has 1 aliphatic heterocycles. The van der Waals surface area contributed by atoms with Crippen LogP contribution in [0.2, 0.25) is 5.02 Å². The van der Waals surface area contributed by atoms with Gasteiger partial charge in [-0.05, 0) is 78.9 Å². The summed E-state index contributed by atoms with van der Waals surface area (Å²) in [4.78, 5) is 30.5. The number of aryl methyl sites for hydroxylation is 1. The molecule has 0 saturated carbocycles. The van der Waals surface area contributed by atoms with Gasteiger partial charge in [0.2, 0.25) is 0 Å². The molecule has 0 fully saturated rings. The smallest absolute Gasteiger partial charge is 0.259 e. The summed E-state index contributed by atoms with van der Waals surface area (Å²) in [6.45, 7) is 2.06. The van der Waals surface area contributed by atoms with Gasteiger partial charge < -0.3 is 14.8 Å². The van der Waals surface area contributed by atoms with E-state index in [0.29, 0.717) is 46.2 Å². The number of para-hydroxylation sites is 2. The minimum atomic E-state index is -0.717. The normalized spacial score (nSPS) is 18.0. The van der Waals surface area contributed by atoms with Crippen molar-refractivity contribution < 1.29 is 19.1 Å². The van der Waals surface area contributed by atoms with Crippen molar-refractivity contribution in [1.82, 2.24) is 0 Å². The Balaban J connectivity index is 1.57. The largest absolute Gasteiger partial charge is 0.493 e. The molecule has 0 bridgehead atoms. The summed E-state index contributed by atoms with van der Waals surface area (Å²) in [7, 11) is 3.15. The maximum Gasteiger partial charge on any atom is 0.259 e. The topological polar surface area (TPSA) is 67.9 Å². The first-order chi connectivity index (χ1) is 20.4. The molecule has 1 heterocycles. The summed E-state index contributed by atoms with van der Waals surface area (Å²) >= 11 is 6.17. The first-order valence-electron chi connectivity index (χ1n) is 13.9. The number of hydrogen-bond acceptors (Lipinski definition) is 5. The van der Waals surface area contributed by atoms with Crippen LogP contribution in [0.25, 0.3) is 0 Å². The van der Waals surface area contributed by atoms with E-state index in [2.05, 4.69) is 36.5 Å². The van der Waals surface area contributed by atoms with Crippen LogP contribution in [-0.4, -0.2) is 25.9 Å². The van der Waals surface area contributed by atoms with E-state index in [4.69, 9.17) is 21.1 Å². The maximum absolute atomic E-state index is 14.5. The Kier molecular flexibility index (Phi) is 7.48. The highest BCUT2D eigenvalue weighted by Gasteiger charge is 2.42. The number of anilines is 2. The molecule has 4 aromatic rings. The highest BCUT2D eigenvalue weighted by Crippen LogP contribution is 2.48. The lowest BCUT2D eigenvalue weighted by Gasteiger charge is -2.35. The number of fused-ring (bicyclic) bond motifs is 1. The highest BCUT2D eigenvalue weighted by atomic mass is 35.5. The van der Waals surface area contributed by atoms with E-state index in [1.165, 1.54) is 5.56 Å². The summed E-state index contributed by atoms with van der Waals surface area (Å²) < 4.78 is 11.2. The number of ketones is 1. The van der Waals surface area contributed by atoms with Gasteiger partial charge in [-0.15, -0.1) is 0 Å². The van der Waals surface area contributed by atoms with Crippen molar-refractivity contribution in [3.63, 3.8) is 0 Å². The third kappa shape index (κ3) is 5.03. The second kappa shape index (κ2) is 11.4. The van der Waals surface area contributed by atoms with Crippen LogP contribution in [-0.2, 0) is 4.79 Å². The molecule has 2 aliphatic rings. The fourth-order valence-corrected chi connectivity index (χ4v) is 6.08. The molecule has 7 heteroatoms. The van der Waals surface area contributed by atoms with Gasteiger partial charge >= 0.3 is 0 Å². The molecule has 0 radical (unpaired) electrons. The lowest BCUT2D eigenvalue weighted by molar-refractivity contribution is -0.116. The van der Waals surface area contributed by atoms with E-state index >= 15 is 0 Å². The van der Waals surface area contributed by atoms with Crippen molar-refractivity contribution in [2.24, 2.45) is 0 Å². The second-order valence-corrected chi connectivity index (χ2v) is 11.1. The Morgan fingerprint density at radius 1 is 0.857 bits per heavy atom. The van der Waals surface area contributed by atoms with E-state index < -0.39 is 6.04 Å². The summed E-state index contributed by atoms with van der Waals surface area (Å²) in [6.07, 6.45) is 0.970. The van der Waals surface area contributed by atoms with Gasteiger partial charge in [-0.25, -0.2) is 0 Å². The quantitative estimate of drug-likeness (QED) is 0.261. The van der Waals surface area contributed by atoms with Gasteiger partial charge in [0.1, 0.15) is 0 Å². The van der Waals surface area contributed by atoms with E-state index in [1.54, 1.807) is 43.4 Å². The number of rotatable bonds is 5. The molecule has 0 aromatic heterocycles. The number of allylic oxidation sites excluding steroid dienone is 1. The predicted octanol–water partition coefficient (Wildman–Crippen LogP) is 7.88. The Morgan fingerprint density at radius 2 is 1.55 bits per heavy atom. The Morgan fingerprint density at radius 3 is 2.26 bits per heavy atom. The zero-order valence-corrected chi connectivity index (χ0v) is 24.4. The number of Topliss-reactive ketones (excluding diaryl/α,β-unsaturated/α-hetero) is 1. The number of halogens is 1. The average molecular weight is 579 g/mol. The molecule has 212 valence electrons. The maximum atomic E-state index is 14.5. The van der Waals surface area contributed by atoms with Gasteiger partial charge in [0.05, 0.1) is 31.6 Å². The summed E-state index contributed by atoms with van der Waals surface area (Å²) in [5, 5.41) is 4.12. The van der Waals surface area contributed by atoms with Crippen LogP contribution in [0, 0.1) is 6.92 Å². The van der Waals surface area contributed by atoms with Gasteiger partial charge in [0, 0.05) is 28.3 Å². The first kappa shape index (κ1) is 27.6. The fraction of sp³-hybridized carbons (Fsp3) is 0.200. The number of benzene rings is 4. The van der Waals surface area contributed by atoms with Crippen LogP contribution in [0.4, 0.5) is 11.4 Å². The van der Waals surface area contributed by atoms with Crippen LogP contribution < -0.4 is 19.7 Å². The molecular weight excluding hydrogens is 548 g/mol. The zero-order chi connectivity index (χ0) is 29.4. The van der Waals surface area contributed by atoms with Gasteiger partial charge in [0.25, 0.3) is 5.91 Å². The molecule has 1 amide bonds. The average Bonchev–Trinajstić information content (AvgIpc) is 3.15. The lowest BCUT2D eigenvalue weighted by Crippen LogP contribution is -2.38. The molecule has 0 saturated heterocycles. The number of ether oxygens (including phenoxy) is 2. The molecule has 1 aliphatic carbocycles. The standard InChI is InChI=1S/C35H31ClN2O4/c1-21-8-10-22(11-9-21)25-18-28-33(30(39)19-25)34(24-14-17-31(41-2)32(20-24)42-3)38(29-7-5-4-6-27(29)37-28)35(40)23-12-15-26(36)16-13-23/h4-17,20,25,34,37H,18-19H2,1-3H3/t25-,34-/m1/s1. The van der Waals surface area contributed by atoms with Crippen LogP contribution >= 0.6 is 11.6 Å². The summed E-state index contributed by atoms with van der Waals surface area (Å²) in [5.74, 6) is 0.842. The molecular formula is C35H31ClN2O4. The van der Waals surface area contributed by atoms with E-state index in [9.17, 15) is 9.59 Å². The SMILES string of the molecule is COc1ccc([C@@H]2C3=C(C[C@@H](c4ccc(C)cc4)CC3=O)Nc3ccccc3N2C(=O)c2ccc(Cl)cc2)cc1OC. The van der Waals surface area contributed by atoms with Crippen molar-refractivity contribution in [3.05, 3.63) is 130 Å². The molecule has 42 heavy (non-hydrogen) atoms. The summed E-state index contributed by atoms with van der Waals surface area (Å²) in [5.41, 5.74) is 6.31. The molecule has 0 spiro atoms. The number of nitrogens with zero attached hydrogens (tertiary/aromatic N) is 1. The van der Waals surface area contributed by atoms with Gasteiger partial charge in [-0.2, -0.15) is 0 Å². The zero-order valence-electron chi connectivity index (χ0n) is 23.7. The fourth-order valence-electron chi connectivity index (χ4n) is 5.96.